The van der Waals surface area contributed by atoms with Crippen LogP contribution >= 0.6 is 0 Å². The zero-order valence-corrected chi connectivity index (χ0v) is 27.5. The summed E-state index contributed by atoms with van der Waals surface area (Å²) in [6.45, 7) is 9.67. The van der Waals surface area contributed by atoms with Crippen molar-refractivity contribution in [2.24, 2.45) is 0 Å². The molecule has 0 radical (unpaired) electrons. The Morgan fingerprint density at radius 1 is 0.838 bits per heavy atom. The summed E-state index contributed by atoms with van der Waals surface area (Å²) in [5.74, 6) is 1.66. The predicted molar refractivity (Wildman–Crippen MR) is 135 cm³/mol. The van der Waals surface area contributed by atoms with Gasteiger partial charge in [0.1, 0.15) is 10.4 Å². The molecule has 0 aromatic carbocycles. The lowest BCUT2D eigenvalue weighted by Crippen LogP contribution is -2.80. The summed E-state index contributed by atoms with van der Waals surface area (Å²) >= 11 is 0. The van der Waals surface area contributed by atoms with E-state index in [9.17, 15) is 28.8 Å². The minimum absolute atomic E-state index is 0.0217. The second-order valence-corrected chi connectivity index (χ2v) is 28.7. The molecule has 0 aliphatic carbocycles. The van der Waals surface area contributed by atoms with E-state index in [1.54, 1.807) is 26.2 Å². The summed E-state index contributed by atoms with van der Waals surface area (Å²) in [6, 6.07) is -0.198. The first-order chi connectivity index (χ1) is 16.7. The van der Waals surface area contributed by atoms with E-state index in [1.165, 1.54) is 13.8 Å². The van der Waals surface area contributed by atoms with Crippen molar-refractivity contribution in [3.05, 3.63) is 0 Å². The van der Waals surface area contributed by atoms with Crippen molar-refractivity contribution in [1.82, 2.24) is 0 Å². The fraction of sp³-hybridized carbons (Fsp3) is 0.824. The van der Waals surface area contributed by atoms with Crippen LogP contribution in [-0.2, 0) is 39.3 Å². The normalized spacial score (nSPS) is 44.3. The van der Waals surface area contributed by atoms with Crippen LogP contribution in [0.3, 0.4) is 0 Å². The molecule has 4 fully saturated rings. The number of carbonyl (C=O) groups is 1. The van der Waals surface area contributed by atoms with Gasteiger partial charge in [-0.15, -0.1) is 6.42 Å². The number of rotatable bonds is 6. The average molecular weight is 631 g/mol. The number of carbonyl (C=O) groups excluding carboxylic acids is 1. The summed E-state index contributed by atoms with van der Waals surface area (Å²) < 4.78 is 47.3. The van der Waals surface area contributed by atoms with E-state index < -0.39 is 74.0 Å². The van der Waals surface area contributed by atoms with Crippen molar-refractivity contribution < 1.29 is 63.2 Å². The highest BCUT2D eigenvalue weighted by atomic mass is 28.5. The van der Waals surface area contributed by atoms with Gasteiger partial charge in [0.05, 0.1) is 0 Å². The van der Waals surface area contributed by atoms with Crippen LogP contribution in [0, 0.1) is 12.3 Å². The van der Waals surface area contributed by atoms with Crippen LogP contribution in [0.2, 0.25) is 32.2 Å². The predicted octanol–water partition coefficient (Wildman–Crippen LogP) is -1.50. The molecule has 0 aromatic rings. The highest BCUT2D eigenvalue weighted by molar-refractivity contribution is 6.99. The van der Waals surface area contributed by atoms with E-state index in [2.05, 4.69) is 5.92 Å². The molecule has 5 N–H and O–H groups in total. The Labute approximate surface area is 221 Å². The average Bonchev–Trinajstić information content (AvgIpc) is 2.81. The smallest absolute Gasteiger partial charge is 0.452 e. The number of unbranched alkanes of at least 4 members (excludes halogenated alkanes) is 1. The van der Waals surface area contributed by atoms with Gasteiger partial charge in [-0.05, 0) is 52.9 Å². The zero-order valence-electron chi connectivity index (χ0n) is 21.5. The first-order valence-electron chi connectivity index (χ1n) is 11.8. The van der Waals surface area contributed by atoms with Crippen molar-refractivity contribution in [1.29, 1.82) is 0 Å². The lowest BCUT2D eigenvalue weighted by atomic mass is 10.1. The second kappa shape index (κ2) is 8.67. The highest BCUT2D eigenvalue weighted by Crippen LogP contribution is 2.67. The maximum absolute atomic E-state index is 12.1. The molecule has 4 rings (SSSR count). The van der Waals surface area contributed by atoms with Crippen molar-refractivity contribution >= 4 is 58.3 Å². The van der Waals surface area contributed by atoms with Gasteiger partial charge in [-0.1, -0.05) is 5.92 Å². The molecule has 37 heavy (non-hydrogen) atoms. The van der Waals surface area contributed by atoms with Gasteiger partial charge in [0.15, 0.2) is 11.8 Å². The third-order valence-electron chi connectivity index (χ3n) is 7.86. The molecule has 210 valence electrons. The number of terminal acetylenes is 1. The van der Waals surface area contributed by atoms with E-state index in [0.29, 0.717) is 0 Å². The Bertz CT molecular complexity index is 967. The molecule has 2 atom stereocenters. The monoisotopic (exact) mass is 630 g/mol. The van der Waals surface area contributed by atoms with Gasteiger partial charge < -0.3 is 58.5 Å². The van der Waals surface area contributed by atoms with Crippen LogP contribution < -0.4 is 0 Å². The van der Waals surface area contributed by atoms with Gasteiger partial charge in [0, 0.05) is 12.5 Å². The van der Waals surface area contributed by atoms with E-state index in [0.717, 1.165) is 0 Å². The molecule has 2 bridgehead atoms. The molecule has 4 heterocycles. The summed E-state index contributed by atoms with van der Waals surface area (Å²) in [6.07, 6.45) is 5.45. The number of fused-ring (bicyclic) bond motifs is 1. The van der Waals surface area contributed by atoms with Crippen LogP contribution in [0.25, 0.3) is 0 Å². The van der Waals surface area contributed by atoms with Crippen molar-refractivity contribution in [2.45, 2.75) is 81.0 Å². The Morgan fingerprint density at radius 3 is 1.78 bits per heavy atom. The van der Waals surface area contributed by atoms with Gasteiger partial charge >= 0.3 is 41.7 Å². The Morgan fingerprint density at radius 2 is 1.32 bits per heavy atom. The quantitative estimate of drug-likeness (QED) is 0.0985. The van der Waals surface area contributed by atoms with Crippen LogP contribution in [-0.4, -0.2) is 105 Å². The number of hydrogen-bond acceptors (Lipinski definition) is 14. The first-order valence-corrected chi connectivity index (χ1v) is 24.7. The molecule has 20 heteroatoms. The Hall–Kier alpha value is -0.149. The fourth-order valence-electron chi connectivity index (χ4n) is 5.84. The van der Waals surface area contributed by atoms with Gasteiger partial charge in [-0.2, -0.15) is 0 Å². The van der Waals surface area contributed by atoms with Gasteiger partial charge in [-0.3, -0.25) is 4.79 Å². The van der Waals surface area contributed by atoms with E-state index in [-0.39, 0.29) is 31.9 Å². The van der Waals surface area contributed by atoms with Crippen molar-refractivity contribution in [3.63, 3.8) is 0 Å². The third kappa shape index (κ3) is 4.20. The largest absolute Gasteiger partial charge is 0.667 e. The molecule has 4 saturated heterocycles. The Balaban J connectivity index is 1.83. The van der Waals surface area contributed by atoms with Crippen molar-refractivity contribution in [3.8, 4) is 12.3 Å². The van der Waals surface area contributed by atoms with Gasteiger partial charge in [0.2, 0.25) is 16.6 Å². The SMILES string of the molecule is C#CCOC(=O)CCCC[Si]12OC34C(C)(O[Si](O)(O)O1)[Si](C)(C)O[Si]3(O)O[Si](C)(C)C4(C)O[Si](O)(O)O2. The van der Waals surface area contributed by atoms with Crippen LogP contribution in [0.4, 0.5) is 0 Å². The summed E-state index contributed by atoms with van der Waals surface area (Å²) in [7, 11) is -25.8. The minimum Gasteiger partial charge on any atom is -0.452 e. The van der Waals surface area contributed by atoms with Crippen molar-refractivity contribution in [2.75, 3.05) is 6.61 Å². The molecule has 1 spiro atoms. The van der Waals surface area contributed by atoms with Crippen LogP contribution in [0.15, 0.2) is 0 Å². The fourth-order valence-corrected chi connectivity index (χ4v) is 33.5. The van der Waals surface area contributed by atoms with Gasteiger partial charge in [0.25, 0.3) is 0 Å². The van der Waals surface area contributed by atoms with E-state index in [4.69, 9.17) is 40.9 Å². The standard InChI is InChI=1S/C17H34O14Si6/c1-8-12-24-14(18)11-9-10-13-34-27-17-15(2,25-36(20,21)30-34)32(4,5)28-35(17,19)29-33(6,7)16(17,3)26-37(22,23)31-34/h1,19-23H,9-13H2,2-7H3. The molecule has 4 aliphatic heterocycles. The topological polar surface area (TPSA) is 192 Å². The second-order valence-electron chi connectivity index (χ2n) is 10.9. The van der Waals surface area contributed by atoms with Gasteiger partial charge in [-0.25, -0.2) is 0 Å². The minimum atomic E-state index is -5.11. The molecule has 4 aliphatic rings. The number of esters is 1. The number of hydrogen-bond donors (Lipinski definition) is 5. The molecule has 0 aromatic heterocycles. The van der Waals surface area contributed by atoms with Crippen LogP contribution in [0.5, 0.6) is 0 Å². The number of ether oxygens (including phenoxy) is 1. The molecule has 0 amide bonds. The lowest BCUT2D eigenvalue weighted by molar-refractivity contribution is -0.142. The first kappa shape index (κ1) is 29.8. The van der Waals surface area contributed by atoms with E-state index in [1.807, 2.05) is 0 Å². The molecule has 14 nitrogen and oxygen atoms in total. The maximum Gasteiger partial charge on any atom is 0.667 e. The molecular formula is C17H34O14Si6. The lowest BCUT2D eigenvalue weighted by Gasteiger charge is -2.53. The summed E-state index contributed by atoms with van der Waals surface area (Å²) in [5.41, 5.74) is 0. The zero-order chi connectivity index (χ0) is 28.0. The maximum atomic E-state index is 12.1. The summed E-state index contributed by atoms with van der Waals surface area (Å²) in [4.78, 5) is 68.0. The molecule has 2 unspecified atom stereocenters. The Kier molecular flexibility index (Phi) is 6.99. The highest BCUT2D eigenvalue weighted by Gasteiger charge is 2.98. The third-order valence-corrected chi connectivity index (χ3v) is 30.3. The molecular weight excluding hydrogens is 597 g/mol. The van der Waals surface area contributed by atoms with E-state index >= 15 is 0 Å². The molecule has 0 saturated carbocycles. The summed E-state index contributed by atoms with van der Waals surface area (Å²) in [5, 5.41) is -5.47. The van der Waals surface area contributed by atoms with Crippen LogP contribution in [0.1, 0.15) is 33.1 Å².